The minimum atomic E-state index is -0.183. The second kappa shape index (κ2) is 7.21. The first-order valence-corrected chi connectivity index (χ1v) is 8.51. The summed E-state index contributed by atoms with van der Waals surface area (Å²) >= 11 is 11.2. The normalized spacial score (nSPS) is 10.7. The highest BCUT2D eigenvalue weighted by molar-refractivity contribution is 7.71. The van der Waals surface area contributed by atoms with Crippen molar-refractivity contribution >= 4 is 35.4 Å². The van der Waals surface area contributed by atoms with E-state index in [9.17, 15) is 4.79 Å². The van der Waals surface area contributed by atoms with Crippen LogP contribution in [-0.4, -0.2) is 20.7 Å². The van der Waals surface area contributed by atoms with E-state index in [0.29, 0.717) is 15.6 Å². The van der Waals surface area contributed by atoms with Crippen LogP contribution in [0.25, 0.3) is 11.4 Å². The SMILES string of the molecule is Cc1cccc(-c2n[nH]c(=S)n2CC(=O)Nc2ccc(Cl)cc2C)c1. The summed E-state index contributed by atoms with van der Waals surface area (Å²) in [6, 6.07) is 13.2. The summed E-state index contributed by atoms with van der Waals surface area (Å²) in [6.07, 6.45) is 0. The van der Waals surface area contributed by atoms with Crippen molar-refractivity contribution in [1.29, 1.82) is 0 Å². The lowest BCUT2D eigenvalue weighted by atomic mass is 10.1. The molecule has 0 bridgehead atoms. The van der Waals surface area contributed by atoms with E-state index in [1.807, 2.05) is 38.1 Å². The number of anilines is 1. The van der Waals surface area contributed by atoms with Crippen LogP contribution < -0.4 is 5.32 Å². The highest BCUT2D eigenvalue weighted by Crippen LogP contribution is 2.21. The molecular formula is C18H17ClN4OS. The number of hydrogen-bond acceptors (Lipinski definition) is 3. The lowest BCUT2D eigenvalue weighted by Gasteiger charge is -2.10. The molecule has 3 aromatic rings. The minimum absolute atomic E-state index is 0.0701. The Balaban J connectivity index is 1.84. The highest BCUT2D eigenvalue weighted by Gasteiger charge is 2.13. The molecule has 1 amide bonds. The van der Waals surface area contributed by atoms with Crippen molar-refractivity contribution < 1.29 is 4.79 Å². The Morgan fingerprint density at radius 2 is 2.08 bits per heavy atom. The summed E-state index contributed by atoms with van der Waals surface area (Å²) in [5, 5.41) is 10.5. The van der Waals surface area contributed by atoms with Crippen molar-refractivity contribution in [2.24, 2.45) is 0 Å². The van der Waals surface area contributed by atoms with Crippen LogP contribution >= 0.6 is 23.8 Å². The number of carbonyl (C=O) groups excluding carboxylic acids is 1. The molecule has 2 N–H and O–H groups in total. The Labute approximate surface area is 155 Å². The minimum Gasteiger partial charge on any atom is -0.324 e. The summed E-state index contributed by atoms with van der Waals surface area (Å²) in [7, 11) is 0. The lowest BCUT2D eigenvalue weighted by Crippen LogP contribution is -2.20. The van der Waals surface area contributed by atoms with Gasteiger partial charge in [0.05, 0.1) is 0 Å². The van der Waals surface area contributed by atoms with Crippen molar-refractivity contribution in [1.82, 2.24) is 14.8 Å². The van der Waals surface area contributed by atoms with Gasteiger partial charge in [-0.1, -0.05) is 35.4 Å². The fourth-order valence-corrected chi connectivity index (χ4v) is 2.99. The fraction of sp³-hybridized carbons (Fsp3) is 0.167. The molecule has 5 nitrogen and oxygen atoms in total. The second-order valence-corrected chi connectivity index (χ2v) is 6.64. The number of aryl methyl sites for hydroxylation is 2. The number of benzene rings is 2. The van der Waals surface area contributed by atoms with Gasteiger partial charge in [0.15, 0.2) is 10.6 Å². The first-order chi connectivity index (χ1) is 11.9. The standard InChI is InChI=1S/C18H17ClN4OS/c1-11-4-3-5-13(8-11)17-21-22-18(25)23(17)10-16(24)20-15-7-6-14(19)9-12(15)2/h3-9H,10H2,1-2H3,(H,20,24)(H,22,25). The number of nitrogens with one attached hydrogen (secondary N) is 2. The van der Waals surface area contributed by atoms with Crippen molar-refractivity contribution in [3.63, 3.8) is 0 Å². The molecule has 25 heavy (non-hydrogen) atoms. The summed E-state index contributed by atoms with van der Waals surface area (Å²) < 4.78 is 2.09. The predicted octanol–water partition coefficient (Wildman–Crippen LogP) is 4.52. The van der Waals surface area contributed by atoms with Gasteiger partial charge < -0.3 is 5.32 Å². The van der Waals surface area contributed by atoms with Gasteiger partial charge in [-0.15, -0.1) is 0 Å². The maximum atomic E-state index is 12.5. The Morgan fingerprint density at radius 3 is 2.80 bits per heavy atom. The molecule has 0 saturated heterocycles. The van der Waals surface area contributed by atoms with E-state index in [2.05, 4.69) is 15.5 Å². The number of amides is 1. The average molecular weight is 373 g/mol. The topological polar surface area (TPSA) is 62.7 Å². The Hall–Kier alpha value is -2.44. The largest absolute Gasteiger partial charge is 0.324 e. The number of aromatic amines is 1. The van der Waals surface area contributed by atoms with E-state index in [1.54, 1.807) is 22.8 Å². The molecule has 0 aliphatic carbocycles. The molecule has 7 heteroatoms. The van der Waals surface area contributed by atoms with E-state index >= 15 is 0 Å². The van der Waals surface area contributed by atoms with Gasteiger partial charge in [-0.25, -0.2) is 0 Å². The summed E-state index contributed by atoms with van der Waals surface area (Å²) in [5.74, 6) is 0.452. The molecule has 0 aliphatic rings. The zero-order valence-electron chi connectivity index (χ0n) is 13.8. The average Bonchev–Trinajstić information content (AvgIpc) is 2.91. The smallest absolute Gasteiger partial charge is 0.244 e. The van der Waals surface area contributed by atoms with Crippen LogP contribution in [-0.2, 0) is 11.3 Å². The molecule has 0 aliphatic heterocycles. The van der Waals surface area contributed by atoms with Gasteiger partial charge in [0.1, 0.15) is 6.54 Å². The third kappa shape index (κ3) is 3.97. The van der Waals surface area contributed by atoms with Crippen LogP contribution in [0.5, 0.6) is 0 Å². The van der Waals surface area contributed by atoms with Crippen LogP contribution in [0.3, 0.4) is 0 Å². The zero-order chi connectivity index (χ0) is 18.0. The van der Waals surface area contributed by atoms with Crippen LogP contribution in [0.2, 0.25) is 5.02 Å². The van der Waals surface area contributed by atoms with Crippen molar-refractivity contribution in [3.05, 3.63) is 63.4 Å². The van der Waals surface area contributed by atoms with Crippen molar-refractivity contribution in [2.45, 2.75) is 20.4 Å². The van der Waals surface area contributed by atoms with E-state index in [-0.39, 0.29) is 12.5 Å². The van der Waals surface area contributed by atoms with Gasteiger partial charge >= 0.3 is 0 Å². The quantitative estimate of drug-likeness (QED) is 0.662. The first kappa shape index (κ1) is 17.4. The van der Waals surface area contributed by atoms with Gasteiger partial charge in [-0.3, -0.25) is 14.5 Å². The number of rotatable bonds is 4. The van der Waals surface area contributed by atoms with Crippen LogP contribution in [0, 0.1) is 18.6 Å². The molecule has 0 unspecified atom stereocenters. The lowest BCUT2D eigenvalue weighted by molar-refractivity contribution is -0.116. The van der Waals surface area contributed by atoms with Gasteiger partial charge in [0.2, 0.25) is 5.91 Å². The van der Waals surface area contributed by atoms with Crippen LogP contribution in [0.4, 0.5) is 5.69 Å². The third-order valence-electron chi connectivity index (χ3n) is 3.80. The highest BCUT2D eigenvalue weighted by atomic mass is 35.5. The molecule has 128 valence electrons. The number of carbonyl (C=O) groups is 1. The summed E-state index contributed by atoms with van der Waals surface area (Å²) in [6.45, 7) is 3.97. The van der Waals surface area contributed by atoms with E-state index in [0.717, 1.165) is 22.4 Å². The third-order valence-corrected chi connectivity index (χ3v) is 4.35. The predicted molar refractivity (Wildman–Crippen MR) is 102 cm³/mol. The zero-order valence-corrected chi connectivity index (χ0v) is 15.4. The van der Waals surface area contributed by atoms with Gasteiger partial charge in [-0.2, -0.15) is 5.10 Å². The maximum absolute atomic E-state index is 12.5. The molecule has 0 fully saturated rings. The van der Waals surface area contributed by atoms with E-state index < -0.39 is 0 Å². The fourth-order valence-electron chi connectivity index (χ4n) is 2.57. The number of hydrogen-bond donors (Lipinski definition) is 2. The molecule has 0 radical (unpaired) electrons. The van der Waals surface area contributed by atoms with Gasteiger partial charge in [0.25, 0.3) is 0 Å². The first-order valence-electron chi connectivity index (χ1n) is 7.72. The van der Waals surface area contributed by atoms with Crippen LogP contribution in [0.1, 0.15) is 11.1 Å². The Bertz CT molecular complexity index is 993. The monoisotopic (exact) mass is 372 g/mol. The maximum Gasteiger partial charge on any atom is 0.244 e. The van der Waals surface area contributed by atoms with Crippen molar-refractivity contribution in [3.8, 4) is 11.4 Å². The van der Waals surface area contributed by atoms with E-state index in [1.165, 1.54) is 0 Å². The number of nitrogens with zero attached hydrogens (tertiary/aromatic N) is 2. The Kier molecular flexibility index (Phi) is 5.01. The van der Waals surface area contributed by atoms with Crippen LogP contribution in [0.15, 0.2) is 42.5 Å². The summed E-state index contributed by atoms with van der Waals surface area (Å²) in [5.41, 5.74) is 3.64. The van der Waals surface area contributed by atoms with Gasteiger partial charge in [-0.05, 0) is 55.9 Å². The number of H-pyrrole nitrogens is 1. The molecule has 1 heterocycles. The van der Waals surface area contributed by atoms with Crippen molar-refractivity contribution in [2.75, 3.05) is 5.32 Å². The molecule has 0 atom stereocenters. The summed E-state index contributed by atoms with van der Waals surface area (Å²) in [4.78, 5) is 12.5. The second-order valence-electron chi connectivity index (χ2n) is 5.82. The number of halogens is 1. The molecule has 2 aromatic carbocycles. The molecule has 0 spiro atoms. The Morgan fingerprint density at radius 1 is 1.28 bits per heavy atom. The molecular weight excluding hydrogens is 356 g/mol. The van der Waals surface area contributed by atoms with Gasteiger partial charge in [0, 0.05) is 16.3 Å². The molecule has 3 rings (SSSR count). The molecule has 0 saturated carbocycles. The van der Waals surface area contributed by atoms with E-state index in [4.69, 9.17) is 23.8 Å². The number of aromatic nitrogens is 3. The molecule has 1 aromatic heterocycles.